The van der Waals surface area contributed by atoms with Crippen molar-refractivity contribution in [3.05, 3.63) is 53.6 Å². The molecule has 2 saturated heterocycles. The van der Waals surface area contributed by atoms with Gasteiger partial charge in [0.05, 0.1) is 24.4 Å². The van der Waals surface area contributed by atoms with E-state index in [1.165, 1.54) is 36.3 Å². The molecule has 1 atom stereocenters. The normalized spacial score (nSPS) is 17.7. The number of rotatable bonds is 4. The minimum atomic E-state index is -0.833. The van der Waals surface area contributed by atoms with Gasteiger partial charge in [0.15, 0.2) is 11.6 Å². The Morgan fingerprint density at radius 3 is 2.44 bits per heavy atom. The van der Waals surface area contributed by atoms with Crippen LogP contribution in [0.4, 0.5) is 24.1 Å². The average molecular weight is 504 g/mol. The van der Waals surface area contributed by atoms with E-state index in [0.29, 0.717) is 13.1 Å². The van der Waals surface area contributed by atoms with Crippen LogP contribution in [0.1, 0.15) is 31.1 Å². The van der Waals surface area contributed by atoms with Gasteiger partial charge in [0, 0.05) is 38.3 Å². The smallest absolute Gasteiger partial charge is 0.410 e. The summed E-state index contributed by atoms with van der Waals surface area (Å²) in [6, 6.07) is 6.57. The lowest BCUT2D eigenvalue weighted by Gasteiger charge is -2.36. The number of carbonyl (C=O) groups is 3. The minimum absolute atomic E-state index is 0.00188. The quantitative estimate of drug-likeness (QED) is 0.575. The largest absolute Gasteiger partial charge is 0.465 e. The molecule has 0 saturated carbocycles. The Bertz CT molecular complexity index is 1200. The number of nitrogens with zero attached hydrogens (tertiary/aromatic N) is 3. The lowest BCUT2D eigenvalue weighted by molar-refractivity contribution is 0.0128. The Morgan fingerprint density at radius 1 is 1.03 bits per heavy atom. The van der Waals surface area contributed by atoms with Crippen molar-refractivity contribution < 1.29 is 37.4 Å². The van der Waals surface area contributed by atoms with E-state index in [-0.39, 0.29) is 47.9 Å². The highest BCUT2D eigenvalue weighted by molar-refractivity contribution is 5.95. The van der Waals surface area contributed by atoms with Gasteiger partial charge in [-0.3, -0.25) is 4.90 Å². The fraction of sp³-hybridized carbons (Fsp3) is 0.400. The van der Waals surface area contributed by atoms with Crippen LogP contribution < -0.4 is 9.64 Å². The Morgan fingerprint density at radius 2 is 1.78 bits per heavy atom. The molecule has 11 heteroatoms. The second-order valence-electron chi connectivity index (χ2n) is 9.55. The Balaban J connectivity index is 1.50. The van der Waals surface area contributed by atoms with E-state index >= 15 is 0 Å². The maximum atomic E-state index is 14.5. The Labute approximate surface area is 207 Å². The fourth-order valence-corrected chi connectivity index (χ4v) is 4.13. The maximum Gasteiger partial charge on any atom is 0.410 e. The number of methoxy groups -OCH3 is 1. The van der Waals surface area contributed by atoms with Crippen molar-refractivity contribution in [3.8, 4) is 11.5 Å². The molecule has 0 radical (unpaired) electrons. The van der Waals surface area contributed by atoms with E-state index in [9.17, 15) is 23.2 Å². The predicted octanol–water partition coefficient (Wildman–Crippen LogP) is 4.41. The summed E-state index contributed by atoms with van der Waals surface area (Å²) in [7, 11) is 1.18. The molecule has 36 heavy (non-hydrogen) atoms. The number of ether oxygens (including phenoxy) is 3. The monoisotopic (exact) mass is 503 g/mol. The topological polar surface area (TPSA) is 88.6 Å². The lowest BCUT2D eigenvalue weighted by Crippen LogP contribution is -2.54. The first-order valence-electron chi connectivity index (χ1n) is 11.4. The highest BCUT2D eigenvalue weighted by Gasteiger charge is 2.43. The molecule has 2 fully saturated rings. The zero-order valence-electron chi connectivity index (χ0n) is 20.4. The van der Waals surface area contributed by atoms with Gasteiger partial charge < -0.3 is 24.0 Å². The fourth-order valence-electron chi connectivity index (χ4n) is 4.13. The van der Waals surface area contributed by atoms with Crippen molar-refractivity contribution in [1.82, 2.24) is 9.80 Å². The summed E-state index contributed by atoms with van der Waals surface area (Å²) < 4.78 is 44.4. The van der Waals surface area contributed by atoms with Gasteiger partial charge in [0.2, 0.25) is 0 Å². The molecule has 2 aliphatic rings. The number of piperazine rings is 1. The third-order valence-corrected chi connectivity index (χ3v) is 5.75. The van der Waals surface area contributed by atoms with Gasteiger partial charge in [0.25, 0.3) is 0 Å². The van der Waals surface area contributed by atoms with Crippen molar-refractivity contribution in [3.63, 3.8) is 0 Å². The number of anilines is 1. The van der Waals surface area contributed by atoms with E-state index in [1.54, 1.807) is 30.6 Å². The molecule has 2 aromatic rings. The molecule has 4 rings (SSSR count). The second kappa shape index (κ2) is 9.63. The number of amides is 3. The first kappa shape index (κ1) is 25.2. The van der Waals surface area contributed by atoms with Crippen molar-refractivity contribution in [1.29, 1.82) is 0 Å². The van der Waals surface area contributed by atoms with E-state index in [4.69, 9.17) is 9.47 Å². The van der Waals surface area contributed by atoms with Gasteiger partial charge in [-0.05, 0) is 45.0 Å². The summed E-state index contributed by atoms with van der Waals surface area (Å²) >= 11 is 0. The molecule has 0 spiro atoms. The minimum Gasteiger partial charge on any atom is -0.465 e. The van der Waals surface area contributed by atoms with E-state index in [0.717, 1.165) is 12.1 Å². The molecule has 0 aromatic heterocycles. The summed E-state index contributed by atoms with van der Waals surface area (Å²) in [4.78, 5) is 41.7. The van der Waals surface area contributed by atoms with Gasteiger partial charge >= 0.3 is 18.1 Å². The third-order valence-electron chi connectivity index (χ3n) is 5.75. The Kier molecular flexibility index (Phi) is 6.75. The summed E-state index contributed by atoms with van der Waals surface area (Å²) in [6.45, 7) is 6.50. The highest BCUT2D eigenvalue weighted by Crippen LogP contribution is 2.33. The molecule has 1 unspecified atom stereocenters. The molecule has 9 nitrogen and oxygen atoms in total. The third kappa shape index (κ3) is 5.34. The number of fused-ring (bicyclic) bond motifs is 1. The summed E-state index contributed by atoms with van der Waals surface area (Å²) in [5, 5.41) is 0. The first-order valence-corrected chi connectivity index (χ1v) is 11.4. The summed E-state index contributed by atoms with van der Waals surface area (Å²) in [6.07, 6.45) is -0.449. The van der Waals surface area contributed by atoms with E-state index in [1.807, 2.05) is 0 Å². The molecular weight excluding hydrogens is 476 g/mol. The number of hydrogen-bond donors (Lipinski definition) is 0. The summed E-state index contributed by atoms with van der Waals surface area (Å²) in [5.41, 5.74) is -0.398. The van der Waals surface area contributed by atoms with Crippen molar-refractivity contribution >= 4 is 23.8 Å². The lowest BCUT2D eigenvalue weighted by atomic mass is 10.2. The zero-order chi connectivity index (χ0) is 26.2. The van der Waals surface area contributed by atoms with E-state index < -0.39 is 29.3 Å². The first-order chi connectivity index (χ1) is 16.9. The van der Waals surface area contributed by atoms with Gasteiger partial charge in [0.1, 0.15) is 17.2 Å². The molecule has 2 heterocycles. The second-order valence-corrected chi connectivity index (χ2v) is 9.55. The Hall–Kier alpha value is -3.89. The SMILES string of the molecule is COC(=O)c1ccc(Oc2cc(F)cc(N3CC4CN(C(=O)OC(C)(C)C)CCN4C3=O)c2)c(F)c1. The van der Waals surface area contributed by atoms with Crippen LogP contribution in [0, 0.1) is 11.6 Å². The number of esters is 1. The molecule has 3 amide bonds. The number of hydrogen-bond acceptors (Lipinski definition) is 6. The van der Waals surface area contributed by atoms with Crippen molar-refractivity contribution in [2.24, 2.45) is 0 Å². The molecule has 0 aliphatic carbocycles. The van der Waals surface area contributed by atoms with Gasteiger partial charge in [-0.1, -0.05) is 0 Å². The van der Waals surface area contributed by atoms with Crippen LogP contribution in [0.15, 0.2) is 36.4 Å². The van der Waals surface area contributed by atoms with Crippen LogP contribution in [0.3, 0.4) is 0 Å². The highest BCUT2D eigenvalue weighted by atomic mass is 19.1. The van der Waals surface area contributed by atoms with Gasteiger partial charge in [-0.25, -0.2) is 23.2 Å². The van der Waals surface area contributed by atoms with Crippen LogP contribution in [-0.2, 0) is 9.47 Å². The number of carbonyl (C=O) groups excluding carboxylic acids is 3. The van der Waals surface area contributed by atoms with Crippen LogP contribution in [0.25, 0.3) is 0 Å². The maximum absolute atomic E-state index is 14.5. The van der Waals surface area contributed by atoms with Gasteiger partial charge in [-0.2, -0.15) is 0 Å². The molecule has 2 aliphatic heterocycles. The number of urea groups is 1. The molecule has 2 aromatic carbocycles. The molecule has 192 valence electrons. The van der Waals surface area contributed by atoms with Crippen LogP contribution >= 0.6 is 0 Å². The van der Waals surface area contributed by atoms with Crippen molar-refractivity contribution in [2.45, 2.75) is 32.4 Å². The zero-order valence-corrected chi connectivity index (χ0v) is 20.4. The molecule has 0 N–H and O–H groups in total. The van der Waals surface area contributed by atoms with Crippen molar-refractivity contribution in [2.75, 3.05) is 38.2 Å². The van der Waals surface area contributed by atoms with Crippen LogP contribution in [0.2, 0.25) is 0 Å². The molecular formula is C25H27F2N3O6. The van der Waals surface area contributed by atoms with Crippen LogP contribution in [-0.4, -0.2) is 72.8 Å². The number of halogens is 2. The standard InChI is InChI=1S/C25H27F2N3O6/c1-25(2,3)36-24(33)28-7-8-29-18(13-28)14-30(23(29)32)17-10-16(26)11-19(12-17)35-21-6-5-15(9-20(21)27)22(31)34-4/h5-6,9-12,18H,7-8,13-14H2,1-4H3. The van der Waals surface area contributed by atoms with E-state index in [2.05, 4.69) is 4.74 Å². The predicted molar refractivity (Wildman–Crippen MR) is 125 cm³/mol. The average Bonchev–Trinajstić information content (AvgIpc) is 3.14. The number of benzene rings is 2. The summed E-state index contributed by atoms with van der Waals surface area (Å²) in [5.74, 6) is -2.47. The molecule has 0 bridgehead atoms. The van der Waals surface area contributed by atoms with Gasteiger partial charge in [-0.15, -0.1) is 0 Å². The van der Waals surface area contributed by atoms with Crippen LogP contribution in [0.5, 0.6) is 11.5 Å².